The van der Waals surface area contributed by atoms with Gasteiger partial charge < -0.3 is 5.73 Å². The van der Waals surface area contributed by atoms with Crippen molar-refractivity contribution in [1.29, 1.82) is 0 Å². The van der Waals surface area contributed by atoms with Gasteiger partial charge in [-0.25, -0.2) is 0 Å². The smallest absolute Gasteiger partial charge is 0.0178 e. The molecule has 0 fully saturated rings. The van der Waals surface area contributed by atoms with Crippen LogP contribution in [0.2, 0.25) is 0 Å². The Labute approximate surface area is 110 Å². The summed E-state index contributed by atoms with van der Waals surface area (Å²) < 4.78 is 0. The Kier molecular flexibility index (Phi) is 4.77. The summed E-state index contributed by atoms with van der Waals surface area (Å²) in [7, 11) is 0. The molecule has 0 amide bonds. The highest BCUT2D eigenvalue weighted by Gasteiger charge is 1.98. The summed E-state index contributed by atoms with van der Waals surface area (Å²) in [5.41, 5.74) is 8.33. The zero-order valence-corrected chi connectivity index (χ0v) is 11.3. The lowest BCUT2D eigenvalue weighted by Crippen LogP contribution is -1.95. The van der Waals surface area contributed by atoms with Crippen LogP contribution in [0.15, 0.2) is 36.4 Å². The van der Waals surface area contributed by atoms with Crippen molar-refractivity contribution in [2.45, 2.75) is 45.6 Å². The van der Waals surface area contributed by atoms with Gasteiger partial charge in [-0.15, -0.1) is 0 Å². The van der Waals surface area contributed by atoms with Crippen LogP contribution in [-0.2, 0) is 13.0 Å². The fourth-order valence-electron chi connectivity index (χ4n) is 2.38. The lowest BCUT2D eigenvalue weighted by Gasteiger charge is -2.05. The lowest BCUT2D eigenvalue weighted by molar-refractivity contribution is 0.667. The topological polar surface area (TPSA) is 26.0 Å². The minimum atomic E-state index is 0.620. The van der Waals surface area contributed by atoms with Gasteiger partial charge in [-0.3, -0.25) is 0 Å². The first-order valence-corrected chi connectivity index (χ1v) is 7.05. The maximum atomic E-state index is 5.66. The fourth-order valence-corrected chi connectivity index (χ4v) is 2.38. The number of nitrogens with two attached hydrogens (primary N) is 1. The van der Waals surface area contributed by atoms with Gasteiger partial charge in [-0.1, -0.05) is 56.5 Å². The number of fused-ring (bicyclic) bond motifs is 1. The second kappa shape index (κ2) is 6.55. The van der Waals surface area contributed by atoms with Crippen molar-refractivity contribution in [3.05, 3.63) is 47.5 Å². The van der Waals surface area contributed by atoms with Gasteiger partial charge in [-0.2, -0.15) is 0 Å². The highest BCUT2D eigenvalue weighted by molar-refractivity contribution is 5.83. The van der Waals surface area contributed by atoms with Crippen molar-refractivity contribution >= 4 is 10.8 Å². The molecular weight excluding hydrogens is 218 g/mol. The van der Waals surface area contributed by atoms with Crippen LogP contribution < -0.4 is 5.73 Å². The summed E-state index contributed by atoms with van der Waals surface area (Å²) in [5.74, 6) is 0. The van der Waals surface area contributed by atoms with Gasteiger partial charge in [-0.05, 0) is 40.8 Å². The molecule has 2 aromatic rings. The van der Waals surface area contributed by atoms with Gasteiger partial charge in [0.25, 0.3) is 0 Å². The van der Waals surface area contributed by atoms with Gasteiger partial charge in [0.2, 0.25) is 0 Å². The minimum Gasteiger partial charge on any atom is -0.326 e. The van der Waals surface area contributed by atoms with E-state index < -0.39 is 0 Å². The monoisotopic (exact) mass is 241 g/mol. The highest BCUT2D eigenvalue weighted by atomic mass is 14.5. The quantitative estimate of drug-likeness (QED) is 0.744. The van der Waals surface area contributed by atoms with E-state index in [0.29, 0.717) is 6.54 Å². The Bertz CT molecular complexity index is 502. The zero-order chi connectivity index (χ0) is 12.8. The van der Waals surface area contributed by atoms with Crippen molar-refractivity contribution in [3.63, 3.8) is 0 Å². The maximum Gasteiger partial charge on any atom is 0.0178 e. The maximum absolute atomic E-state index is 5.66. The normalized spacial score (nSPS) is 11.0. The zero-order valence-electron chi connectivity index (χ0n) is 11.3. The third-order valence-electron chi connectivity index (χ3n) is 3.52. The molecule has 0 aliphatic rings. The summed E-state index contributed by atoms with van der Waals surface area (Å²) in [6.07, 6.45) is 6.52. The molecule has 1 nitrogen and oxygen atoms in total. The Morgan fingerprint density at radius 3 is 2.17 bits per heavy atom. The average molecular weight is 241 g/mol. The number of aryl methyl sites for hydroxylation is 1. The molecule has 1 heteroatoms. The molecule has 0 heterocycles. The molecule has 0 aliphatic heterocycles. The van der Waals surface area contributed by atoms with E-state index in [0.717, 1.165) is 0 Å². The van der Waals surface area contributed by atoms with E-state index in [1.165, 1.54) is 54.0 Å². The van der Waals surface area contributed by atoms with Crippen LogP contribution in [0.5, 0.6) is 0 Å². The van der Waals surface area contributed by atoms with Crippen LogP contribution in [0.1, 0.15) is 43.7 Å². The number of hydrogen-bond acceptors (Lipinski definition) is 1. The first-order chi connectivity index (χ1) is 8.83. The predicted molar refractivity (Wildman–Crippen MR) is 79.7 cm³/mol. The molecular formula is C17H23N. The number of hydrogen-bond donors (Lipinski definition) is 1. The first-order valence-electron chi connectivity index (χ1n) is 7.05. The van der Waals surface area contributed by atoms with Crippen LogP contribution >= 0.6 is 0 Å². The average Bonchev–Trinajstić information content (AvgIpc) is 2.43. The van der Waals surface area contributed by atoms with Crippen LogP contribution in [-0.4, -0.2) is 0 Å². The van der Waals surface area contributed by atoms with Gasteiger partial charge in [0.15, 0.2) is 0 Å². The second-order valence-electron chi connectivity index (χ2n) is 5.03. The molecule has 0 unspecified atom stereocenters. The number of unbranched alkanes of at least 4 members (excludes halogenated alkanes) is 3. The van der Waals surface area contributed by atoms with E-state index in [9.17, 15) is 0 Å². The summed E-state index contributed by atoms with van der Waals surface area (Å²) in [4.78, 5) is 0. The molecule has 2 aromatic carbocycles. The highest BCUT2D eigenvalue weighted by Crippen LogP contribution is 2.19. The van der Waals surface area contributed by atoms with E-state index in [2.05, 4.69) is 43.3 Å². The van der Waals surface area contributed by atoms with Crippen LogP contribution in [0.4, 0.5) is 0 Å². The standard InChI is InChI=1S/C17H23N/c1-2-3-4-5-6-14-7-9-17-12-15(13-18)8-10-16(17)11-14/h7-12H,2-6,13,18H2,1H3. The van der Waals surface area contributed by atoms with Gasteiger partial charge >= 0.3 is 0 Å². The van der Waals surface area contributed by atoms with Crippen molar-refractivity contribution in [3.8, 4) is 0 Å². The number of benzene rings is 2. The second-order valence-corrected chi connectivity index (χ2v) is 5.03. The third-order valence-corrected chi connectivity index (χ3v) is 3.52. The molecule has 18 heavy (non-hydrogen) atoms. The fraction of sp³-hybridized carbons (Fsp3) is 0.412. The summed E-state index contributed by atoms with van der Waals surface area (Å²) in [6, 6.07) is 13.3. The van der Waals surface area contributed by atoms with Crippen molar-refractivity contribution in [1.82, 2.24) is 0 Å². The summed E-state index contributed by atoms with van der Waals surface area (Å²) in [5, 5.41) is 2.63. The van der Waals surface area contributed by atoms with E-state index in [1.807, 2.05) is 0 Å². The molecule has 0 bridgehead atoms. The minimum absolute atomic E-state index is 0.620. The molecule has 0 saturated carbocycles. The molecule has 0 aromatic heterocycles. The van der Waals surface area contributed by atoms with E-state index >= 15 is 0 Å². The van der Waals surface area contributed by atoms with E-state index in [-0.39, 0.29) is 0 Å². The van der Waals surface area contributed by atoms with Crippen molar-refractivity contribution in [2.75, 3.05) is 0 Å². The Morgan fingerprint density at radius 1 is 0.833 bits per heavy atom. The van der Waals surface area contributed by atoms with Crippen LogP contribution in [0.25, 0.3) is 10.8 Å². The summed E-state index contributed by atoms with van der Waals surface area (Å²) >= 11 is 0. The summed E-state index contributed by atoms with van der Waals surface area (Å²) in [6.45, 7) is 2.87. The van der Waals surface area contributed by atoms with Gasteiger partial charge in [0.05, 0.1) is 0 Å². The molecule has 2 N–H and O–H groups in total. The molecule has 0 atom stereocenters. The lowest BCUT2D eigenvalue weighted by atomic mass is 10.0. The molecule has 0 spiro atoms. The third kappa shape index (κ3) is 3.33. The van der Waals surface area contributed by atoms with E-state index in [4.69, 9.17) is 5.73 Å². The Morgan fingerprint density at radius 2 is 1.50 bits per heavy atom. The van der Waals surface area contributed by atoms with Crippen molar-refractivity contribution < 1.29 is 0 Å². The first kappa shape index (κ1) is 13.1. The Hall–Kier alpha value is -1.34. The molecule has 96 valence electrons. The predicted octanol–water partition coefficient (Wildman–Crippen LogP) is 4.42. The van der Waals surface area contributed by atoms with Crippen molar-refractivity contribution in [2.24, 2.45) is 5.73 Å². The van der Waals surface area contributed by atoms with Crippen LogP contribution in [0.3, 0.4) is 0 Å². The molecule has 0 radical (unpaired) electrons. The molecule has 0 saturated heterocycles. The van der Waals surface area contributed by atoms with E-state index in [1.54, 1.807) is 0 Å². The SMILES string of the molecule is CCCCCCc1ccc2cc(CN)ccc2c1. The number of rotatable bonds is 6. The Balaban J connectivity index is 2.08. The molecule has 2 rings (SSSR count). The largest absolute Gasteiger partial charge is 0.326 e. The van der Waals surface area contributed by atoms with Gasteiger partial charge in [0.1, 0.15) is 0 Å². The van der Waals surface area contributed by atoms with Crippen LogP contribution in [0, 0.1) is 0 Å². The van der Waals surface area contributed by atoms with Gasteiger partial charge in [0, 0.05) is 6.54 Å². The molecule has 0 aliphatic carbocycles.